The standard InChI is InChI=1S/C17H21N3O5S/c1-9(2)18-17(24)20-15(22)10(3)25-14(21)8-13-16(23)19-11-6-4-5-7-12(11)26-13/h4-7,9-10,13H,8H2,1-3H3,(H,19,23)(H2,18,20,22,24)/t10-,13-/m1/s1. The van der Waals surface area contributed by atoms with Crippen LogP contribution in [0.5, 0.6) is 0 Å². The van der Waals surface area contributed by atoms with Crippen LogP contribution in [0.2, 0.25) is 0 Å². The fourth-order valence-corrected chi connectivity index (χ4v) is 3.28. The molecule has 0 radical (unpaired) electrons. The fraction of sp³-hybridized carbons (Fsp3) is 0.412. The lowest BCUT2D eigenvalue weighted by molar-refractivity contribution is -0.154. The van der Waals surface area contributed by atoms with Gasteiger partial charge in [-0.2, -0.15) is 0 Å². The van der Waals surface area contributed by atoms with Crippen molar-refractivity contribution in [3.05, 3.63) is 24.3 Å². The highest BCUT2D eigenvalue weighted by Gasteiger charge is 2.30. The summed E-state index contributed by atoms with van der Waals surface area (Å²) in [6.45, 7) is 4.86. The minimum atomic E-state index is -1.15. The minimum absolute atomic E-state index is 0.134. The number of hydrogen-bond donors (Lipinski definition) is 3. The molecule has 0 aliphatic carbocycles. The number of para-hydroxylation sites is 1. The van der Waals surface area contributed by atoms with Crippen LogP contribution in [0.1, 0.15) is 27.2 Å². The van der Waals surface area contributed by atoms with Gasteiger partial charge in [0.25, 0.3) is 5.91 Å². The van der Waals surface area contributed by atoms with Crippen molar-refractivity contribution < 1.29 is 23.9 Å². The molecule has 1 aromatic carbocycles. The van der Waals surface area contributed by atoms with Crippen molar-refractivity contribution in [2.75, 3.05) is 5.32 Å². The molecule has 1 aliphatic heterocycles. The zero-order chi connectivity index (χ0) is 19.3. The van der Waals surface area contributed by atoms with Gasteiger partial charge in [0.15, 0.2) is 6.10 Å². The molecule has 2 atom stereocenters. The average molecular weight is 379 g/mol. The number of fused-ring (bicyclic) bond motifs is 1. The largest absolute Gasteiger partial charge is 0.452 e. The zero-order valence-corrected chi connectivity index (χ0v) is 15.5. The van der Waals surface area contributed by atoms with E-state index in [0.29, 0.717) is 5.69 Å². The molecule has 8 nitrogen and oxygen atoms in total. The molecule has 0 bridgehead atoms. The molecule has 0 unspecified atom stereocenters. The monoisotopic (exact) mass is 379 g/mol. The van der Waals surface area contributed by atoms with Crippen molar-refractivity contribution in [3.63, 3.8) is 0 Å². The van der Waals surface area contributed by atoms with E-state index >= 15 is 0 Å². The van der Waals surface area contributed by atoms with Gasteiger partial charge in [0.2, 0.25) is 5.91 Å². The number of rotatable bonds is 5. The van der Waals surface area contributed by atoms with Crippen LogP contribution in [0, 0.1) is 0 Å². The molecule has 9 heteroatoms. The van der Waals surface area contributed by atoms with Gasteiger partial charge >= 0.3 is 12.0 Å². The summed E-state index contributed by atoms with van der Waals surface area (Å²) in [5.74, 6) is -1.72. The molecule has 3 N–H and O–H groups in total. The van der Waals surface area contributed by atoms with Crippen molar-refractivity contribution in [2.24, 2.45) is 0 Å². The van der Waals surface area contributed by atoms with E-state index in [2.05, 4.69) is 16.0 Å². The summed E-state index contributed by atoms with van der Waals surface area (Å²) in [4.78, 5) is 48.3. The number of carbonyl (C=O) groups is 4. The molecule has 0 saturated heterocycles. The van der Waals surface area contributed by atoms with E-state index in [4.69, 9.17) is 4.74 Å². The second kappa shape index (κ2) is 8.70. The minimum Gasteiger partial charge on any atom is -0.452 e. The number of anilines is 1. The third-order valence-corrected chi connectivity index (χ3v) is 4.67. The van der Waals surface area contributed by atoms with Gasteiger partial charge < -0.3 is 15.4 Å². The predicted octanol–water partition coefficient (Wildman–Crippen LogP) is 1.66. The summed E-state index contributed by atoms with van der Waals surface area (Å²) < 4.78 is 5.03. The van der Waals surface area contributed by atoms with E-state index in [-0.39, 0.29) is 18.4 Å². The van der Waals surface area contributed by atoms with E-state index < -0.39 is 29.3 Å². The highest BCUT2D eigenvalue weighted by molar-refractivity contribution is 8.01. The Morgan fingerprint density at radius 3 is 2.62 bits per heavy atom. The lowest BCUT2D eigenvalue weighted by Crippen LogP contribution is -2.46. The van der Waals surface area contributed by atoms with Gasteiger partial charge in [0, 0.05) is 10.9 Å². The number of esters is 1. The summed E-state index contributed by atoms with van der Waals surface area (Å²) in [5.41, 5.74) is 0.705. The smallest absolute Gasteiger partial charge is 0.321 e. The number of ether oxygens (including phenoxy) is 1. The molecule has 1 aliphatic rings. The Kier molecular flexibility index (Phi) is 6.62. The predicted molar refractivity (Wildman–Crippen MR) is 96.7 cm³/mol. The van der Waals surface area contributed by atoms with Crippen LogP contribution in [0.25, 0.3) is 0 Å². The number of thioether (sulfide) groups is 1. The van der Waals surface area contributed by atoms with Crippen LogP contribution in [0.15, 0.2) is 29.2 Å². The molecule has 0 saturated carbocycles. The second-order valence-corrected chi connectivity index (χ2v) is 7.29. The molecular formula is C17H21N3O5S. The van der Waals surface area contributed by atoms with E-state index in [0.717, 1.165) is 4.90 Å². The van der Waals surface area contributed by atoms with E-state index in [9.17, 15) is 19.2 Å². The van der Waals surface area contributed by atoms with Crippen LogP contribution >= 0.6 is 11.8 Å². The number of benzene rings is 1. The van der Waals surface area contributed by atoms with Crippen molar-refractivity contribution in [1.29, 1.82) is 0 Å². The molecule has 0 spiro atoms. The van der Waals surface area contributed by atoms with Crippen LogP contribution in [0.4, 0.5) is 10.5 Å². The SMILES string of the molecule is CC(C)NC(=O)NC(=O)[C@@H](C)OC(=O)C[C@H]1Sc2ccccc2NC1=O. The first kappa shape index (κ1) is 19.8. The maximum absolute atomic E-state index is 12.1. The van der Waals surface area contributed by atoms with Gasteiger partial charge in [0.1, 0.15) is 0 Å². The lowest BCUT2D eigenvalue weighted by atomic mass is 10.2. The Labute approximate surface area is 155 Å². The van der Waals surface area contributed by atoms with Crippen LogP contribution < -0.4 is 16.0 Å². The number of nitrogens with one attached hydrogen (secondary N) is 3. The molecule has 0 fully saturated rings. The Balaban J connectivity index is 1.85. The Morgan fingerprint density at radius 2 is 1.92 bits per heavy atom. The van der Waals surface area contributed by atoms with Crippen molar-refractivity contribution in [1.82, 2.24) is 10.6 Å². The van der Waals surface area contributed by atoms with Gasteiger partial charge in [0.05, 0.1) is 17.4 Å². The van der Waals surface area contributed by atoms with Crippen LogP contribution in [-0.4, -0.2) is 41.2 Å². The Hall–Kier alpha value is -2.55. The summed E-state index contributed by atoms with van der Waals surface area (Å²) in [6.07, 6.45) is -1.33. The highest BCUT2D eigenvalue weighted by atomic mass is 32.2. The summed E-state index contributed by atoms with van der Waals surface area (Å²) >= 11 is 1.27. The molecular weight excluding hydrogens is 358 g/mol. The third kappa shape index (κ3) is 5.48. The summed E-state index contributed by atoms with van der Waals surface area (Å²) in [7, 11) is 0. The molecule has 1 heterocycles. The van der Waals surface area contributed by atoms with E-state index in [1.54, 1.807) is 19.9 Å². The second-order valence-electron chi connectivity index (χ2n) is 6.05. The molecule has 26 heavy (non-hydrogen) atoms. The summed E-state index contributed by atoms with van der Waals surface area (Å²) in [6, 6.07) is 6.49. The van der Waals surface area contributed by atoms with E-state index in [1.807, 2.05) is 18.2 Å². The van der Waals surface area contributed by atoms with Gasteiger partial charge in [-0.15, -0.1) is 11.8 Å². The zero-order valence-electron chi connectivity index (χ0n) is 14.7. The number of amides is 4. The molecule has 140 valence electrons. The Morgan fingerprint density at radius 1 is 1.23 bits per heavy atom. The molecule has 2 rings (SSSR count). The summed E-state index contributed by atoms with van der Waals surface area (Å²) in [5, 5.41) is 6.68. The number of imide groups is 1. The van der Waals surface area contributed by atoms with Gasteiger partial charge in [-0.3, -0.25) is 19.7 Å². The topological polar surface area (TPSA) is 114 Å². The first-order valence-corrected chi connectivity index (χ1v) is 9.01. The normalized spacial score (nSPS) is 16.9. The third-order valence-electron chi connectivity index (χ3n) is 3.39. The van der Waals surface area contributed by atoms with Gasteiger partial charge in [-0.1, -0.05) is 12.1 Å². The first-order valence-electron chi connectivity index (χ1n) is 8.13. The number of urea groups is 1. The van der Waals surface area contributed by atoms with Crippen LogP contribution in [0.3, 0.4) is 0 Å². The van der Waals surface area contributed by atoms with Crippen molar-refractivity contribution in [2.45, 2.75) is 49.5 Å². The lowest BCUT2D eigenvalue weighted by Gasteiger charge is -2.23. The maximum Gasteiger partial charge on any atom is 0.321 e. The molecule has 0 aromatic heterocycles. The molecule has 4 amide bonds. The molecule has 1 aromatic rings. The first-order chi connectivity index (χ1) is 12.3. The van der Waals surface area contributed by atoms with Gasteiger partial charge in [-0.05, 0) is 32.9 Å². The quantitative estimate of drug-likeness (QED) is 0.671. The van der Waals surface area contributed by atoms with E-state index in [1.165, 1.54) is 18.7 Å². The fourth-order valence-electron chi connectivity index (χ4n) is 2.19. The highest BCUT2D eigenvalue weighted by Crippen LogP contribution is 2.36. The maximum atomic E-state index is 12.1. The van der Waals surface area contributed by atoms with Crippen molar-refractivity contribution in [3.8, 4) is 0 Å². The Bertz CT molecular complexity index is 722. The number of hydrogen-bond acceptors (Lipinski definition) is 6. The van der Waals surface area contributed by atoms with Crippen molar-refractivity contribution >= 4 is 41.3 Å². The number of carbonyl (C=O) groups excluding carboxylic acids is 4. The average Bonchev–Trinajstić information content (AvgIpc) is 2.54. The van der Waals surface area contributed by atoms with Crippen LogP contribution in [-0.2, 0) is 19.1 Å². The van der Waals surface area contributed by atoms with Gasteiger partial charge in [-0.25, -0.2) is 4.79 Å².